The van der Waals surface area contributed by atoms with Gasteiger partial charge in [-0.05, 0) is 67.6 Å². The van der Waals surface area contributed by atoms with Crippen molar-refractivity contribution < 1.29 is 36.1 Å². The van der Waals surface area contributed by atoms with Gasteiger partial charge >= 0.3 is 14.0 Å². The zero-order chi connectivity index (χ0) is 33.4. The molecule has 0 fully saturated rings. The molecule has 0 aliphatic carbocycles. The summed E-state index contributed by atoms with van der Waals surface area (Å²) in [6.45, 7) is 12.4. The number of halogens is 3. The van der Waals surface area contributed by atoms with E-state index in [0.29, 0.717) is 52.6 Å². The topological polar surface area (TPSA) is 109 Å². The van der Waals surface area contributed by atoms with Crippen molar-refractivity contribution in [3.05, 3.63) is 70.7 Å². The van der Waals surface area contributed by atoms with Crippen molar-refractivity contribution in [1.29, 1.82) is 0 Å². The smallest absolute Gasteiger partial charge is 0.305 e. The second kappa shape index (κ2) is 13.2. The number of carbonyl (C=O) groups excluding carboxylic acids is 1. The number of benzene rings is 2. The van der Waals surface area contributed by atoms with Gasteiger partial charge in [-0.15, -0.1) is 0 Å². The Morgan fingerprint density at radius 3 is 2.28 bits per heavy atom. The number of rotatable bonds is 11. The Morgan fingerprint density at radius 2 is 1.65 bits per heavy atom. The van der Waals surface area contributed by atoms with E-state index >= 15 is 0 Å². The van der Waals surface area contributed by atoms with E-state index in [1.54, 1.807) is 22.6 Å². The van der Waals surface area contributed by atoms with Gasteiger partial charge in [0.15, 0.2) is 5.82 Å². The molecule has 4 aromatic rings. The van der Waals surface area contributed by atoms with Gasteiger partial charge in [-0.2, -0.15) is 18.3 Å². The van der Waals surface area contributed by atoms with Crippen molar-refractivity contribution >= 4 is 30.3 Å². The number of aromatic nitrogens is 4. The van der Waals surface area contributed by atoms with Crippen LogP contribution in [0.3, 0.4) is 0 Å². The first-order valence-electron chi connectivity index (χ1n) is 15.0. The van der Waals surface area contributed by atoms with Crippen molar-refractivity contribution in [2.75, 3.05) is 24.7 Å². The number of phosphoric acid groups is 1. The Balaban J connectivity index is 1.34. The summed E-state index contributed by atoms with van der Waals surface area (Å²) >= 11 is 0. The maximum atomic E-state index is 13.8. The molecular formula is C32H37F3N5O5P. The van der Waals surface area contributed by atoms with E-state index in [1.165, 1.54) is 12.3 Å². The molecule has 0 spiro atoms. The summed E-state index contributed by atoms with van der Waals surface area (Å²) in [4.78, 5) is 24.2. The van der Waals surface area contributed by atoms with Crippen molar-refractivity contribution in [2.45, 2.75) is 60.9 Å². The Hall–Kier alpha value is -3.64. The third-order valence-electron chi connectivity index (χ3n) is 7.42. The van der Waals surface area contributed by atoms with E-state index < -0.39 is 19.6 Å². The molecule has 10 nitrogen and oxygen atoms in total. The van der Waals surface area contributed by atoms with Crippen LogP contribution >= 0.6 is 7.82 Å². The molecule has 0 radical (unpaired) electrons. The fourth-order valence-corrected chi connectivity index (χ4v) is 6.47. The van der Waals surface area contributed by atoms with Gasteiger partial charge in [0.05, 0.1) is 36.5 Å². The number of hydrogen-bond donors (Lipinski definition) is 0. The maximum absolute atomic E-state index is 13.8. The summed E-state index contributed by atoms with van der Waals surface area (Å²) in [7, 11) is -3.85. The molecule has 2 aromatic carbocycles. The van der Waals surface area contributed by atoms with Crippen LogP contribution in [0.5, 0.6) is 0 Å². The highest BCUT2D eigenvalue weighted by Gasteiger charge is 2.34. The molecule has 14 heteroatoms. The second-order valence-corrected chi connectivity index (χ2v) is 13.8. The predicted molar refractivity (Wildman–Crippen MR) is 167 cm³/mol. The predicted octanol–water partition coefficient (Wildman–Crippen LogP) is 7.76. The lowest BCUT2D eigenvalue weighted by atomic mass is 10.1. The highest BCUT2D eigenvalue weighted by molar-refractivity contribution is 7.48. The Bertz CT molecular complexity index is 1790. The van der Waals surface area contributed by atoms with Crippen molar-refractivity contribution in [3.8, 4) is 11.4 Å². The lowest BCUT2D eigenvalue weighted by Gasteiger charge is -2.29. The largest absolute Gasteiger partial charge is 0.475 e. The molecule has 0 atom stereocenters. The number of fused-ring (bicyclic) bond motifs is 2. The quantitative estimate of drug-likeness (QED) is 0.150. The van der Waals surface area contributed by atoms with E-state index in [0.717, 1.165) is 17.7 Å². The van der Waals surface area contributed by atoms with E-state index in [1.807, 2.05) is 46.8 Å². The van der Waals surface area contributed by atoms with Gasteiger partial charge in [-0.3, -0.25) is 23.0 Å². The SMILES string of the molecule is Cc1cc(-c2ncc3cc(C(F)(F)F)ccc3n2)ccc1N1CCn2nc(COP(=O)(OCC(C)C)OCC(C)C)c(C)c2C1=O. The number of hydrogen-bond acceptors (Lipinski definition) is 8. The molecule has 0 bridgehead atoms. The van der Waals surface area contributed by atoms with Gasteiger partial charge < -0.3 is 4.90 Å². The van der Waals surface area contributed by atoms with Crippen LogP contribution in [0.4, 0.5) is 18.9 Å². The van der Waals surface area contributed by atoms with Gasteiger partial charge in [-0.1, -0.05) is 27.7 Å². The number of phosphoric ester groups is 1. The van der Waals surface area contributed by atoms with Crippen LogP contribution in [0.15, 0.2) is 42.6 Å². The molecule has 1 amide bonds. The molecule has 3 heterocycles. The molecule has 0 N–H and O–H groups in total. The molecule has 0 saturated carbocycles. The van der Waals surface area contributed by atoms with Gasteiger partial charge in [0, 0.05) is 34.9 Å². The zero-order valence-electron chi connectivity index (χ0n) is 26.6. The third kappa shape index (κ3) is 7.33. The summed E-state index contributed by atoms with van der Waals surface area (Å²) in [5.74, 6) is 0.365. The number of aryl methyl sites for hydroxylation is 1. The first kappa shape index (κ1) is 33.7. The minimum Gasteiger partial charge on any atom is -0.305 e. The van der Waals surface area contributed by atoms with E-state index in [9.17, 15) is 22.5 Å². The van der Waals surface area contributed by atoms with Gasteiger partial charge in [-0.25, -0.2) is 14.5 Å². The van der Waals surface area contributed by atoms with Crippen LogP contribution in [0.1, 0.15) is 60.6 Å². The number of alkyl halides is 3. The number of carbonyl (C=O) groups is 1. The van der Waals surface area contributed by atoms with Gasteiger partial charge in [0.25, 0.3) is 5.91 Å². The summed E-state index contributed by atoms with van der Waals surface area (Å²) in [6, 6.07) is 8.79. The van der Waals surface area contributed by atoms with E-state index in [2.05, 4.69) is 15.1 Å². The molecule has 246 valence electrons. The molecule has 1 aliphatic rings. The molecule has 0 unspecified atom stereocenters. The summed E-state index contributed by atoms with van der Waals surface area (Å²) in [5.41, 5.74) is 3.27. The normalized spacial score (nSPS) is 14.2. The molecule has 1 aliphatic heterocycles. The molecule has 2 aromatic heterocycles. The average Bonchev–Trinajstić information content (AvgIpc) is 3.33. The zero-order valence-corrected chi connectivity index (χ0v) is 27.5. The van der Waals surface area contributed by atoms with Crippen LogP contribution in [-0.2, 0) is 37.5 Å². The van der Waals surface area contributed by atoms with Crippen LogP contribution in [-0.4, -0.2) is 45.4 Å². The Kier molecular flexibility index (Phi) is 9.70. The summed E-state index contributed by atoms with van der Waals surface area (Å²) in [5, 5.41) is 4.86. The number of anilines is 1. The minimum atomic E-state index is -4.45. The minimum absolute atomic E-state index is 0.123. The van der Waals surface area contributed by atoms with E-state index in [-0.39, 0.29) is 42.9 Å². The molecular weight excluding hydrogens is 622 g/mol. The summed E-state index contributed by atoms with van der Waals surface area (Å²) in [6.07, 6.45) is -3.08. The molecule has 0 saturated heterocycles. The van der Waals surface area contributed by atoms with Crippen molar-refractivity contribution in [1.82, 2.24) is 19.7 Å². The molecule has 46 heavy (non-hydrogen) atoms. The molecule has 5 rings (SSSR count). The first-order chi connectivity index (χ1) is 21.6. The second-order valence-electron chi connectivity index (χ2n) is 12.2. The monoisotopic (exact) mass is 659 g/mol. The lowest BCUT2D eigenvalue weighted by Crippen LogP contribution is -2.41. The average molecular weight is 660 g/mol. The fraction of sp³-hybridized carbons (Fsp3) is 0.438. The Morgan fingerprint density at radius 1 is 0.957 bits per heavy atom. The van der Waals surface area contributed by atoms with Crippen LogP contribution in [0, 0.1) is 25.7 Å². The summed E-state index contributed by atoms with van der Waals surface area (Å²) < 4.78 is 71.0. The Labute approximate surface area is 265 Å². The highest BCUT2D eigenvalue weighted by atomic mass is 31.2. The van der Waals surface area contributed by atoms with Crippen molar-refractivity contribution in [2.24, 2.45) is 11.8 Å². The van der Waals surface area contributed by atoms with Crippen LogP contribution in [0.25, 0.3) is 22.3 Å². The fourth-order valence-electron chi connectivity index (χ4n) is 5.00. The number of nitrogens with zero attached hydrogens (tertiary/aromatic N) is 5. The number of amides is 1. The lowest BCUT2D eigenvalue weighted by molar-refractivity contribution is -0.137. The van der Waals surface area contributed by atoms with Crippen LogP contribution in [0.2, 0.25) is 0 Å². The van der Waals surface area contributed by atoms with Gasteiger partial charge in [0.1, 0.15) is 12.3 Å². The maximum Gasteiger partial charge on any atom is 0.475 e. The van der Waals surface area contributed by atoms with Gasteiger partial charge in [0.2, 0.25) is 0 Å². The highest BCUT2D eigenvalue weighted by Crippen LogP contribution is 2.51. The van der Waals surface area contributed by atoms with E-state index in [4.69, 9.17) is 13.6 Å². The van der Waals surface area contributed by atoms with Crippen LogP contribution < -0.4 is 4.90 Å². The third-order valence-corrected chi connectivity index (χ3v) is 8.79. The standard InChI is InChI=1S/C32H37F3N5O5P/c1-19(2)16-43-46(42,44-17-20(3)4)45-18-27-22(6)29-31(41)39(11-12-40(29)38-27)28-10-7-23(13-21(28)5)30-36-15-24-14-25(32(33,34)35)8-9-26(24)37-30/h7-10,13-15,19-20H,11-12,16-18H2,1-6H3. The first-order valence-corrected chi connectivity index (χ1v) is 16.5. The van der Waals surface area contributed by atoms with Crippen molar-refractivity contribution in [3.63, 3.8) is 0 Å².